The highest BCUT2D eigenvalue weighted by Gasteiger charge is 2.15. The number of anilines is 1. The summed E-state index contributed by atoms with van der Waals surface area (Å²) < 4.78 is 10.4. The Kier molecular flexibility index (Phi) is 6.60. The van der Waals surface area contributed by atoms with Crippen molar-refractivity contribution in [3.05, 3.63) is 53.6 Å². The molecule has 0 aliphatic heterocycles. The van der Waals surface area contributed by atoms with Gasteiger partial charge in [0.25, 0.3) is 5.91 Å². The van der Waals surface area contributed by atoms with Gasteiger partial charge in [-0.2, -0.15) is 0 Å². The zero-order valence-corrected chi connectivity index (χ0v) is 15.5. The van der Waals surface area contributed by atoms with Crippen molar-refractivity contribution < 1.29 is 19.1 Å². The minimum Gasteiger partial charge on any atom is -0.493 e. The number of hydrogen-bond donors (Lipinski definition) is 1. The molecule has 0 aromatic heterocycles. The highest BCUT2D eigenvalue weighted by Crippen LogP contribution is 2.27. The van der Waals surface area contributed by atoms with Gasteiger partial charge in [0.1, 0.15) is 0 Å². The molecule has 0 spiro atoms. The van der Waals surface area contributed by atoms with Gasteiger partial charge in [-0.3, -0.25) is 9.59 Å². The molecule has 0 radical (unpaired) electrons. The first-order valence-corrected chi connectivity index (χ1v) is 8.32. The number of hydrogen-bond acceptors (Lipinski definition) is 4. The van der Waals surface area contributed by atoms with E-state index in [2.05, 4.69) is 5.32 Å². The van der Waals surface area contributed by atoms with Gasteiger partial charge in [-0.15, -0.1) is 0 Å². The zero-order chi connectivity index (χ0) is 19.1. The molecule has 0 fully saturated rings. The van der Waals surface area contributed by atoms with Crippen LogP contribution in [0.4, 0.5) is 5.69 Å². The highest BCUT2D eigenvalue weighted by molar-refractivity contribution is 5.95. The Morgan fingerprint density at radius 2 is 1.73 bits per heavy atom. The summed E-state index contributed by atoms with van der Waals surface area (Å²) in [6.07, 6.45) is 0. The van der Waals surface area contributed by atoms with Crippen molar-refractivity contribution in [1.29, 1.82) is 0 Å². The van der Waals surface area contributed by atoms with E-state index in [1.807, 2.05) is 31.2 Å². The Balaban J connectivity index is 2.02. The summed E-state index contributed by atoms with van der Waals surface area (Å²) in [5.74, 6) is 0.746. The number of aryl methyl sites for hydroxylation is 1. The quantitative estimate of drug-likeness (QED) is 0.828. The van der Waals surface area contributed by atoms with Crippen LogP contribution in [-0.4, -0.2) is 39.1 Å². The summed E-state index contributed by atoms with van der Waals surface area (Å²) in [6, 6.07) is 12.6. The summed E-state index contributed by atoms with van der Waals surface area (Å²) in [6.45, 7) is 4.19. The van der Waals surface area contributed by atoms with E-state index in [4.69, 9.17) is 9.47 Å². The smallest absolute Gasteiger partial charge is 0.251 e. The number of benzene rings is 2. The summed E-state index contributed by atoms with van der Waals surface area (Å²) in [5.41, 5.74) is 2.32. The van der Waals surface area contributed by atoms with Gasteiger partial charge >= 0.3 is 0 Å². The minimum absolute atomic E-state index is 0.0698. The number of rotatable bonds is 7. The molecule has 6 heteroatoms. The number of para-hydroxylation sites is 1. The van der Waals surface area contributed by atoms with Crippen molar-refractivity contribution in [2.45, 2.75) is 13.8 Å². The van der Waals surface area contributed by atoms with E-state index in [9.17, 15) is 9.59 Å². The number of nitrogens with zero attached hydrogens (tertiary/aromatic N) is 1. The second kappa shape index (κ2) is 8.89. The third-order valence-corrected chi connectivity index (χ3v) is 4.05. The third-order valence-electron chi connectivity index (χ3n) is 4.05. The Morgan fingerprint density at radius 3 is 2.35 bits per heavy atom. The van der Waals surface area contributed by atoms with Crippen molar-refractivity contribution in [3.8, 4) is 11.5 Å². The molecule has 1 N–H and O–H groups in total. The van der Waals surface area contributed by atoms with Crippen LogP contribution >= 0.6 is 0 Å². The van der Waals surface area contributed by atoms with Crippen LogP contribution in [0.15, 0.2) is 42.5 Å². The predicted octanol–water partition coefficient (Wildman–Crippen LogP) is 2.80. The molecule has 0 heterocycles. The van der Waals surface area contributed by atoms with Gasteiger partial charge in [-0.25, -0.2) is 0 Å². The fourth-order valence-corrected chi connectivity index (χ4v) is 2.67. The number of carbonyl (C=O) groups excluding carboxylic acids is 2. The van der Waals surface area contributed by atoms with Gasteiger partial charge in [-0.05, 0) is 36.8 Å². The lowest BCUT2D eigenvalue weighted by molar-refractivity contribution is -0.116. The number of carbonyl (C=O) groups is 2. The predicted molar refractivity (Wildman–Crippen MR) is 101 cm³/mol. The minimum atomic E-state index is -0.237. The number of ether oxygens (including phenoxy) is 2. The molecule has 0 aliphatic rings. The van der Waals surface area contributed by atoms with E-state index in [1.54, 1.807) is 30.2 Å². The fraction of sp³-hybridized carbons (Fsp3) is 0.300. The molecule has 2 aromatic rings. The standard InChI is InChI=1S/C20H24N2O4/c1-14-7-5-6-8-17(14)22(15(2)23)12-11-21-20(24)16-9-10-18(25-3)19(13-16)26-4/h5-10,13H,11-12H2,1-4H3,(H,21,24). The van der Waals surface area contributed by atoms with Crippen LogP contribution in [-0.2, 0) is 4.79 Å². The van der Waals surface area contributed by atoms with Crippen molar-refractivity contribution in [1.82, 2.24) is 5.32 Å². The Bertz CT molecular complexity index is 789. The summed E-state index contributed by atoms with van der Waals surface area (Å²) in [5, 5.41) is 2.83. The first-order valence-electron chi connectivity index (χ1n) is 8.32. The van der Waals surface area contributed by atoms with E-state index >= 15 is 0 Å². The molecular formula is C20H24N2O4. The Hall–Kier alpha value is -3.02. The number of amides is 2. The van der Waals surface area contributed by atoms with E-state index in [0.29, 0.717) is 30.2 Å². The lowest BCUT2D eigenvalue weighted by Gasteiger charge is -2.23. The van der Waals surface area contributed by atoms with Crippen molar-refractivity contribution >= 4 is 17.5 Å². The normalized spacial score (nSPS) is 10.2. The molecule has 0 saturated heterocycles. The average molecular weight is 356 g/mol. The topological polar surface area (TPSA) is 67.9 Å². The van der Waals surface area contributed by atoms with E-state index < -0.39 is 0 Å². The number of nitrogens with one attached hydrogen (secondary N) is 1. The second-order valence-corrected chi connectivity index (χ2v) is 5.78. The zero-order valence-electron chi connectivity index (χ0n) is 15.5. The van der Waals surface area contributed by atoms with Crippen molar-refractivity contribution in [2.24, 2.45) is 0 Å². The molecule has 0 saturated carbocycles. The van der Waals surface area contributed by atoms with Crippen molar-refractivity contribution in [3.63, 3.8) is 0 Å². The lowest BCUT2D eigenvalue weighted by Crippen LogP contribution is -2.37. The lowest BCUT2D eigenvalue weighted by atomic mass is 10.1. The molecule has 2 aromatic carbocycles. The van der Waals surface area contributed by atoms with Crippen LogP contribution in [0.5, 0.6) is 11.5 Å². The maximum atomic E-state index is 12.4. The van der Waals surface area contributed by atoms with E-state index in [-0.39, 0.29) is 11.8 Å². The van der Waals surface area contributed by atoms with E-state index in [0.717, 1.165) is 11.3 Å². The summed E-state index contributed by atoms with van der Waals surface area (Å²) in [4.78, 5) is 26.0. The SMILES string of the molecule is COc1ccc(C(=O)NCCN(C(C)=O)c2ccccc2C)cc1OC. The van der Waals surface area contributed by atoms with Crippen LogP contribution < -0.4 is 19.7 Å². The molecule has 2 amide bonds. The van der Waals surface area contributed by atoms with Gasteiger partial charge in [0, 0.05) is 31.3 Å². The van der Waals surface area contributed by atoms with Gasteiger partial charge in [0.05, 0.1) is 14.2 Å². The monoisotopic (exact) mass is 356 g/mol. The first kappa shape index (κ1) is 19.3. The van der Waals surface area contributed by atoms with E-state index in [1.165, 1.54) is 14.0 Å². The van der Waals surface area contributed by atoms with Gasteiger partial charge in [0.2, 0.25) is 5.91 Å². The van der Waals surface area contributed by atoms with Crippen LogP contribution in [0.3, 0.4) is 0 Å². The molecule has 2 rings (SSSR count). The van der Waals surface area contributed by atoms with Crippen LogP contribution in [0.1, 0.15) is 22.8 Å². The van der Waals surface area contributed by atoms with Crippen LogP contribution in [0, 0.1) is 6.92 Å². The molecule has 6 nitrogen and oxygen atoms in total. The fourth-order valence-electron chi connectivity index (χ4n) is 2.67. The molecule has 26 heavy (non-hydrogen) atoms. The van der Waals surface area contributed by atoms with Gasteiger partial charge < -0.3 is 19.7 Å². The Morgan fingerprint density at radius 1 is 1.04 bits per heavy atom. The highest BCUT2D eigenvalue weighted by atomic mass is 16.5. The van der Waals surface area contributed by atoms with Gasteiger partial charge in [0.15, 0.2) is 11.5 Å². The summed E-state index contributed by atoms with van der Waals surface area (Å²) in [7, 11) is 3.06. The largest absolute Gasteiger partial charge is 0.493 e. The Labute approximate surface area is 153 Å². The molecule has 0 aliphatic carbocycles. The molecule has 0 atom stereocenters. The third kappa shape index (κ3) is 4.53. The molecule has 0 unspecified atom stereocenters. The molecule has 138 valence electrons. The van der Waals surface area contributed by atoms with Crippen molar-refractivity contribution in [2.75, 3.05) is 32.2 Å². The summed E-state index contributed by atoms with van der Waals surface area (Å²) >= 11 is 0. The first-order chi connectivity index (χ1) is 12.5. The molecular weight excluding hydrogens is 332 g/mol. The average Bonchev–Trinajstić information content (AvgIpc) is 2.65. The van der Waals surface area contributed by atoms with Crippen LogP contribution in [0.25, 0.3) is 0 Å². The van der Waals surface area contributed by atoms with Crippen LogP contribution in [0.2, 0.25) is 0 Å². The maximum Gasteiger partial charge on any atom is 0.251 e. The maximum absolute atomic E-state index is 12.4. The second-order valence-electron chi connectivity index (χ2n) is 5.78. The van der Waals surface area contributed by atoms with Gasteiger partial charge in [-0.1, -0.05) is 18.2 Å². The molecule has 0 bridgehead atoms. The number of methoxy groups -OCH3 is 2.